The Morgan fingerprint density at radius 2 is 0.831 bits per heavy atom. The Labute approximate surface area is 503 Å². The van der Waals surface area contributed by atoms with Gasteiger partial charge in [0.1, 0.15) is 48.8 Å². The van der Waals surface area contributed by atoms with Crippen LogP contribution >= 0.6 is 0 Å². The fraction of sp³-hybridized carbons (Fsp3) is 0.783. The van der Waals surface area contributed by atoms with E-state index in [1.165, 1.54) is 148 Å². The van der Waals surface area contributed by atoms with Crippen molar-refractivity contribution in [2.45, 2.75) is 325 Å². The first-order valence-corrected chi connectivity index (χ1v) is 33.3. The highest BCUT2D eigenvalue weighted by atomic mass is 16.7. The van der Waals surface area contributed by atoms with Gasteiger partial charge in [-0.25, -0.2) is 0 Å². The van der Waals surface area contributed by atoms with Crippen LogP contribution in [0.25, 0.3) is 0 Å². The van der Waals surface area contributed by atoms with E-state index < -0.39 is 86.8 Å². The molecule has 83 heavy (non-hydrogen) atoms. The second-order valence-electron chi connectivity index (χ2n) is 23.2. The van der Waals surface area contributed by atoms with Gasteiger partial charge in [-0.05, 0) is 70.6 Å². The number of amides is 1. The first-order valence-electron chi connectivity index (χ1n) is 33.3. The Bertz CT molecular complexity index is 1710. The minimum absolute atomic E-state index is 0.241. The number of rotatable bonds is 53. The molecule has 2 heterocycles. The van der Waals surface area contributed by atoms with E-state index in [0.29, 0.717) is 6.42 Å². The SMILES string of the molecule is CC/C=C\C/C=C\C/C=C\C/C=C\C/C=C\C/C=C\CCCCCCCCCCCCCCCCCCC(=O)NC(COC1OC(CO)C(OC2OC(CO)C(O)C(O)C2O)C(O)C1O)C(O)/C=C/CCCCCCCCCCCCCC. The van der Waals surface area contributed by atoms with Crippen LogP contribution < -0.4 is 5.32 Å². The highest BCUT2D eigenvalue weighted by Gasteiger charge is 2.51. The summed E-state index contributed by atoms with van der Waals surface area (Å²) in [7, 11) is 0. The predicted octanol–water partition coefficient (Wildman–Crippen LogP) is 12.8. The normalized spacial score (nSPS) is 24.4. The molecule has 2 aliphatic heterocycles. The van der Waals surface area contributed by atoms with Crippen LogP contribution in [-0.4, -0.2) is 140 Å². The maximum Gasteiger partial charge on any atom is 0.220 e. The van der Waals surface area contributed by atoms with Crippen LogP contribution in [0.1, 0.15) is 251 Å². The summed E-state index contributed by atoms with van der Waals surface area (Å²) in [5.74, 6) is -0.241. The third-order valence-electron chi connectivity index (χ3n) is 15.8. The van der Waals surface area contributed by atoms with Crippen LogP contribution in [0.2, 0.25) is 0 Å². The van der Waals surface area contributed by atoms with E-state index in [1.807, 2.05) is 6.08 Å². The van der Waals surface area contributed by atoms with Crippen molar-refractivity contribution in [1.29, 1.82) is 0 Å². The van der Waals surface area contributed by atoms with Gasteiger partial charge in [0.2, 0.25) is 5.91 Å². The molecule has 14 nitrogen and oxygen atoms in total. The number of nitrogens with one attached hydrogen (secondary N) is 1. The first kappa shape index (κ1) is 76.3. The highest BCUT2D eigenvalue weighted by Crippen LogP contribution is 2.30. The van der Waals surface area contributed by atoms with Crippen molar-refractivity contribution in [1.82, 2.24) is 5.32 Å². The van der Waals surface area contributed by atoms with Crippen molar-refractivity contribution in [3.63, 3.8) is 0 Å². The Balaban J connectivity index is 1.62. The Hall–Kier alpha value is -2.83. The van der Waals surface area contributed by atoms with Crippen molar-refractivity contribution in [3.8, 4) is 0 Å². The molecule has 2 aliphatic rings. The lowest BCUT2D eigenvalue weighted by Gasteiger charge is -2.46. The van der Waals surface area contributed by atoms with Crippen molar-refractivity contribution < 1.29 is 64.6 Å². The summed E-state index contributed by atoms with van der Waals surface area (Å²) < 4.78 is 22.8. The van der Waals surface area contributed by atoms with E-state index in [1.54, 1.807) is 6.08 Å². The van der Waals surface area contributed by atoms with Crippen LogP contribution in [0.4, 0.5) is 0 Å². The van der Waals surface area contributed by atoms with Gasteiger partial charge in [-0.3, -0.25) is 4.79 Å². The van der Waals surface area contributed by atoms with Crippen molar-refractivity contribution >= 4 is 5.91 Å². The lowest BCUT2D eigenvalue weighted by molar-refractivity contribution is -0.359. The second kappa shape index (κ2) is 53.4. The molecule has 2 fully saturated rings. The van der Waals surface area contributed by atoms with E-state index in [9.17, 15) is 45.6 Å². The molecule has 12 unspecified atom stereocenters. The molecule has 0 spiro atoms. The average molecular weight is 1170 g/mol. The average Bonchev–Trinajstić information content (AvgIpc) is 3.64. The van der Waals surface area contributed by atoms with Gasteiger partial charge in [-0.2, -0.15) is 0 Å². The molecule has 12 atom stereocenters. The lowest BCUT2D eigenvalue weighted by atomic mass is 9.97. The van der Waals surface area contributed by atoms with Gasteiger partial charge < -0.3 is 65.1 Å². The van der Waals surface area contributed by atoms with E-state index in [2.05, 4.69) is 92.1 Å². The number of unbranched alkanes of at least 4 members (excludes halogenated alkanes) is 28. The second-order valence-corrected chi connectivity index (χ2v) is 23.2. The molecule has 0 aliphatic carbocycles. The summed E-state index contributed by atoms with van der Waals surface area (Å²) in [5, 5.41) is 87.2. The monoisotopic (exact) mass is 1170 g/mol. The van der Waals surface area contributed by atoms with E-state index in [-0.39, 0.29) is 18.9 Å². The summed E-state index contributed by atoms with van der Waals surface area (Å²) in [6.07, 6.45) is 56.4. The number of aliphatic hydroxyl groups excluding tert-OH is 8. The van der Waals surface area contributed by atoms with E-state index in [0.717, 1.165) is 77.0 Å². The topological polar surface area (TPSA) is 228 Å². The molecule has 0 aromatic rings. The van der Waals surface area contributed by atoms with Crippen LogP contribution in [-0.2, 0) is 23.7 Å². The molecule has 480 valence electrons. The standard InChI is InChI=1S/C69H121NO13/c1-3-5-7-9-11-13-15-17-19-20-21-22-23-24-25-26-27-28-29-30-31-32-33-34-35-36-37-38-39-41-43-45-47-49-51-53-61(74)70-57(58(73)52-50-48-46-44-42-40-18-16-14-12-10-8-6-4-2)56-80-68-66(79)64(77)67(60(55-72)82-68)83-69-65(78)63(76)62(75)59(54-71)81-69/h5,7,11,13,17,19,21-22,24-25,27-28,50,52,57-60,62-69,71-73,75-79H,3-4,6,8-10,12,14-16,18,20,23,26,29-49,51,53-56H2,1-2H3,(H,70,74)/b7-5-,13-11-,19-17-,22-21-,25-24-,28-27-,52-50+. The summed E-state index contributed by atoms with van der Waals surface area (Å²) in [6.45, 7) is 2.69. The lowest BCUT2D eigenvalue weighted by Crippen LogP contribution is -2.65. The van der Waals surface area contributed by atoms with Crippen molar-refractivity contribution in [2.75, 3.05) is 19.8 Å². The molecule has 2 saturated heterocycles. The molecular weight excluding hydrogens is 1050 g/mol. The highest BCUT2D eigenvalue weighted by molar-refractivity contribution is 5.76. The maximum atomic E-state index is 13.3. The number of hydrogen-bond acceptors (Lipinski definition) is 13. The summed E-state index contributed by atoms with van der Waals surface area (Å²) in [4.78, 5) is 13.3. The van der Waals surface area contributed by atoms with Crippen LogP contribution in [0.15, 0.2) is 85.1 Å². The molecular formula is C69H121NO13. The minimum Gasteiger partial charge on any atom is -0.394 e. The number of ether oxygens (including phenoxy) is 4. The quantitative estimate of drug-likeness (QED) is 0.0204. The van der Waals surface area contributed by atoms with Gasteiger partial charge in [0, 0.05) is 6.42 Å². The molecule has 0 radical (unpaired) electrons. The first-order chi connectivity index (χ1) is 40.6. The Kier molecular flexibility index (Phi) is 49.1. The van der Waals surface area contributed by atoms with Crippen LogP contribution in [0, 0.1) is 0 Å². The number of carbonyl (C=O) groups is 1. The Morgan fingerprint density at radius 3 is 1.28 bits per heavy atom. The summed E-state index contributed by atoms with van der Waals surface area (Å²) in [6, 6.07) is -0.917. The zero-order valence-corrected chi connectivity index (χ0v) is 51.9. The van der Waals surface area contributed by atoms with Gasteiger partial charge in [0.25, 0.3) is 0 Å². The number of aliphatic hydroxyl groups is 8. The third kappa shape index (κ3) is 38.1. The number of allylic oxidation sites excluding steroid dienone is 13. The molecule has 1 amide bonds. The number of hydrogen-bond donors (Lipinski definition) is 9. The zero-order valence-electron chi connectivity index (χ0n) is 51.9. The zero-order chi connectivity index (χ0) is 60.2. The van der Waals surface area contributed by atoms with Crippen LogP contribution in [0.3, 0.4) is 0 Å². The molecule has 9 N–H and O–H groups in total. The van der Waals surface area contributed by atoms with E-state index >= 15 is 0 Å². The third-order valence-corrected chi connectivity index (χ3v) is 15.8. The molecule has 0 aromatic heterocycles. The molecule has 2 rings (SSSR count). The fourth-order valence-electron chi connectivity index (χ4n) is 10.5. The molecule has 14 heteroatoms. The van der Waals surface area contributed by atoms with Gasteiger partial charge in [-0.15, -0.1) is 0 Å². The predicted molar refractivity (Wildman–Crippen MR) is 336 cm³/mol. The molecule has 0 bridgehead atoms. The van der Waals surface area contributed by atoms with Gasteiger partial charge in [0.05, 0.1) is 32.0 Å². The van der Waals surface area contributed by atoms with Gasteiger partial charge >= 0.3 is 0 Å². The number of carbonyl (C=O) groups excluding carboxylic acids is 1. The van der Waals surface area contributed by atoms with Crippen LogP contribution in [0.5, 0.6) is 0 Å². The van der Waals surface area contributed by atoms with Gasteiger partial charge in [-0.1, -0.05) is 259 Å². The Morgan fingerprint density at radius 1 is 0.446 bits per heavy atom. The van der Waals surface area contributed by atoms with Crippen molar-refractivity contribution in [2.24, 2.45) is 0 Å². The minimum atomic E-state index is -1.79. The summed E-state index contributed by atoms with van der Waals surface area (Å²) >= 11 is 0. The fourth-order valence-corrected chi connectivity index (χ4v) is 10.5. The molecule has 0 saturated carbocycles. The van der Waals surface area contributed by atoms with Crippen molar-refractivity contribution in [3.05, 3.63) is 85.1 Å². The van der Waals surface area contributed by atoms with Gasteiger partial charge in [0.15, 0.2) is 12.6 Å². The smallest absolute Gasteiger partial charge is 0.220 e. The maximum absolute atomic E-state index is 13.3. The largest absolute Gasteiger partial charge is 0.394 e. The molecule has 0 aromatic carbocycles. The summed E-state index contributed by atoms with van der Waals surface area (Å²) in [5.41, 5.74) is 0. The van der Waals surface area contributed by atoms with E-state index in [4.69, 9.17) is 18.9 Å².